The van der Waals surface area contributed by atoms with E-state index < -0.39 is 0 Å². The lowest BCUT2D eigenvalue weighted by Crippen LogP contribution is -1.95. The summed E-state index contributed by atoms with van der Waals surface area (Å²) in [4.78, 5) is 0. The Bertz CT molecular complexity index is 470. The van der Waals surface area contributed by atoms with E-state index in [1.807, 2.05) is 6.92 Å². The smallest absolute Gasteiger partial charge is 0.268 e. The molecule has 14 heavy (non-hydrogen) atoms. The van der Waals surface area contributed by atoms with E-state index in [0.717, 1.165) is 5.69 Å². The van der Waals surface area contributed by atoms with Crippen molar-refractivity contribution in [1.29, 1.82) is 0 Å². The van der Waals surface area contributed by atoms with Gasteiger partial charge in [-0.25, -0.2) is 0 Å². The summed E-state index contributed by atoms with van der Waals surface area (Å²) in [5, 5.41) is 11.8. The van der Waals surface area contributed by atoms with E-state index in [2.05, 4.69) is 15.3 Å². The summed E-state index contributed by atoms with van der Waals surface area (Å²) in [6.45, 7) is 3.57. The number of aryl methyl sites for hydroxylation is 3. The van der Waals surface area contributed by atoms with Crippen LogP contribution in [0.3, 0.4) is 0 Å². The summed E-state index contributed by atoms with van der Waals surface area (Å²) in [6, 6.07) is 0. The molecule has 0 radical (unpaired) electrons. The maximum Gasteiger partial charge on any atom is 0.268 e. The molecule has 0 amide bonds. The Morgan fingerprint density at radius 3 is 2.43 bits per heavy atom. The van der Waals surface area contributed by atoms with Gasteiger partial charge < -0.3 is 10.2 Å². The number of rotatable bonds is 1. The molecule has 2 rings (SSSR count). The van der Waals surface area contributed by atoms with Crippen LogP contribution in [0.2, 0.25) is 0 Å². The maximum absolute atomic E-state index is 5.83. The Morgan fingerprint density at radius 1 is 1.29 bits per heavy atom. The molecule has 0 saturated heterocycles. The second-order valence-electron chi connectivity index (χ2n) is 3.10. The normalized spacial score (nSPS) is 10.8. The first kappa shape index (κ1) is 8.74. The van der Waals surface area contributed by atoms with Crippen LogP contribution in [0, 0.1) is 13.8 Å². The van der Waals surface area contributed by atoms with Crippen LogP contribution in [0.5, 0.6) is 0 Å². The fourth-order valence-electron chi connectivity index (χ4n) is 1.32. The van der Waals surface area contributed by atoms with Crippen LogP contribution in [0.4, 0.5) is 5.69 Å². The van der Waals surface area contributed by atoms with Gasteiger partial charge in [-0.05, 0) is 6.92 Å². The number of nitrogens with two attached hydrogens (primary N) is 1. The van der Waals surface area contributed by atoms with Crippen LogP contribution in [-0.4, -0.2) is 20.0 Å². The molecule has 2 heterocycles. The molecular formula is C8H11N5O. The fourth-order valence-corrected chi connectivity index (χ4v) is 1.32. The van der Waals surface area contributed by atoms with Gasteiger partial charge in [-0.2, -0.15) is 5.10 Å². The standard InChI is InChI=1S/C8H11N5O/c1-4-6(9)7(13(3)12-4)8-11-10-5(2)14-8/h9H2,1-3H3. The van der Waals surface area contributed by atoms with Gasteiger partial charge in [-0.15, -0.1) is 10.2 Å². The van der Waals surface area contributed by atoms with Gasteiger partial charge in [-0.1, -0.05) is 0 Å². The molecular weight excluding hydrogens is 182 g/mol. The quantitative estimate of drug-likeness (QED) is 0.719. The van der Waals surface area contributed by atoms with Crippen molar-refractivity contribution in [2.45, 2.75) is 13.8 Å². The van der Waals surface area contributed by atoms with Crippen LogP contribution in [0.25, 0.3) is 11.6 Å². The zero-order chi connectivity index (χ0) is 10.3. The van der Waals surface area contributed by atoms with Gasteiger partial charge in [0.25, 0.3) is 5.89 Å². The maximum atomic E-state index is 5.83. The molecule has 2 aromatic rings. The topological polar surface area (TPSA) is 82.8 Å². The second-order valence-corrected chi connectivity index (χ2v) is 3.10. The summed E-state index contributed by atoms with van der Waals surface area (Å²) in [5.41, 5.74) is 7.85. The van der Waals surface area contributed by atoms with Crippen molar-refractivity contribution >= 4 is 5.69 Å². The highest BCUT2D eigenvalue weighted by molar-refractivity contribution is 5.68. The zero-order valence-corrected chi connectivity index (χ0v) is 8.27. The third kappa shape index (κ3) is 1.15. The number of nitrogens with zero attached hydrogens (tertiary/aromatic N) is 4. The average Bonchev–Trinajstić information content (AvgIpc) is 2.60. The molecule has 0 aliphatic rings. The van der Waals surface area contributed by atoms with E-state index in [-0.39, 0.29) is 0 Å². The van der Waals surface area contributed by atoms with Gasteiger partial charge in [0.05, 0.1) is 11.4 Å². The molecule has 0 unspecified atom stereocenters. The highest BCUT2D eigenvalue weighted by atomic mass is 16.4. The fraction of sp³-hybridized carbons (Fsp3) is 0.375. The van der Waals surface area contributed by atoms with E-state index in [1.165, 1.54) is 0 Å². The van der Waals surface area contributed by atoms with E-state index in [4.69, 9.17) is 10.2 Å². The molecule has 0 spiro atoms. The first-order valence-corrected chi connectivity index (χ1v) is 4.19. The lowest BCUT2D eigenvalue weighted by Gasteiger charge is -1.95. The van der Waals surface area contributed by atoms with Crippen molar-refractivity contribution in [2.24, 2.45) is 7.05 Å². The molecule has 0 fully saturated rings. The van der Waals surface area contributed by atoms with Gasteiger partial charge in [0.1, 0.15) is 5.69 Å². The van der Waals surface area contributed by atoms with Gasteiger partial charge in [0.15, 0.2) is 0 Å². The van der Waals surface area contributed by atoms with Gasteiger partial charge in [0, 0.05) is 14.0 Å². The number of hydrogen-bond donors (Lipinski definition) is 1. The molecule has 2 aromatic heterocycles. The summed E-state index contributed by atoms with van der Waals surface area (Å²) >= 11 is 0. The minimum Gasteiger partial charge on any atom is -0.420 e. The number of nitrogen functional groups attached to an aromatic ring is 1. The Kier molecular flexibility index (Phi) is 1.77. The van der Waals surface area contributed by atoms with Crippen LogP contribution in [-0.2, 0) is 7.05 Å². The third-order valence-corrected chi connectivity index (χ3v) is 2.00. The summed E-state index contributed by atoms with van der Waals surface area (Å²) in [5.74, 6) is 0.918. The number of anilines is 1. The average molecular weight is 193 g/mol. The molecule has 74 valence electrons. The van der Waals surface area contributed by atoms with Crippen molar-refractivity contribution in [1.82, 2.24) is 20.0 Å². The third-order valence-electron chi connectivity index (χ3n) is 2.00. The Labute approximate surface area is 80.7 Å². The molecule has 0 bridgehead atoms. The molecule has 6 heteroatoms. The highest BCUT2D eigenvalue weighted by Gasteiger charge is 2.17. The lowest BCUT2D eigenvalue weighted by molar-refractivity contribution is 0.526. The summed E-state index contributed by atoms with van der Waals surface area (Å²) in [6.07, 6.45) is 0. The molecule has 0 aromatic carbocycles. The first-order chi connectivity index (χ1) is 6.59. The predicted molar refractivity (Wildman–Crippen MR) is 50.4 cm³/mol. The van der Waals surface area contributed by atoms with Crippen LogP contribution in [0.1, 0.15) is 11.6 Å². The Morgan fingerprint density at radius 2 is 2.00 bits per heavy atom. The Balaban J connectivity index is 2.61. The van der Waals surface area contributed by atoms with Crippen molar-refractivity contribution < 1.29 is 4.42 Å². The van der Waals surface area contributed by atoms with E-state index in [0.29, 0.717) is 23.2 Å². The monoisotopic (exact) mass is 193 g/mol. The molecule has 6 nitrogen and oxygen atoms in total. The predicted octanol–water partition coefficient (Wildman–Crippen LogP) is 0.669. The van der Waals surface area contributed by atoms with E-state index in [9.17, 15) is 0 Å². The van der Waals surface area contributed by atoms with Gasteiger partial charge in [0.2, 0.25) is 5.89 Å². The van der Waals surface area contributed by atoms with Crippen molar-refractivity contribution in [3.8, 4) is 11.6 Å². The largest absolute Gasteiger partial charge is 0.420 e. The van der Waals surface area contributed by atoms with Crippen LogP contribution < -0.4 is 5.73 Å². The number of hydrogen-bond acceptors (Lipinski definition) is 5. The summed E-state index contributed by atoms with van der Waals surface area (Å²) < 4.78 is 6.92. The Hall–Kier alpha value is -1.85. The highest BCUT2D eigenvalue weighted by Crippen LogP contribution is 2.26. The molecule has 0 saturated carbocycles. The van der Waals surface area contributed by atoms with E-state index in [1.54, 1.807) is 18.7 Å². The minimum atomic E-state index is 0.406. The SMILES string of the molecule is Cc1nnc(-c2c(N)c(C)nn2C)o1. The lowest BCUT2D eigenvalue weighted by atomic mass is 10.3. The van der Waals surface area contributed by atoms with Crippen molar-refractivity contribution in [3.05, 3.63) is 11.6 Å². The van der Waals surface area contributed by atoms with Crippen molar-refractivity contribution in [3.63, 3.8) is 0 Å². The van der Waals surface area contributed by atoms with Crippen molar-refractivity contribution in [2.75, 3.05) is 5.73 Å². The van der Waals surface area contributed by atoms with Gasteiger partial charge >= 0.3 is 0 Å². The van der Waals surface area contributed by atoms with Crippen LogP contribution in [0.15, 0.2) is 4.42 Å². The first-order valence-electron chi connectivity index (χ1n) is 4.19. The van der Waals surface area contributed by atoms with Gasteiger partial charge in [-0.3, -0.25) is 4.68 Å². The second kappa shape index (κ2) is 2.83. The van der Waals surface area contributed by atoms with Crippen LogP contribution >= 0.6 is 0 Å². The number of aromatic nitrogens is 4. The molecule has 0 aliphatic heterocycles. The zero-order valence-electron chi connectivity index (χ0n) is 8.27. The minimum absolute atomic E-state index is 0.406. The molecule has 0 atom stereocenters. The molecule has 2 N–H and O–H groups in total. The summed E-state index contributed by atoms with van der Waals surface area (Å²) in [7, 11) is 1.79. The molecule has 0 aliphatic carbocycles. The van der Waals surface area contributed by atoms with E-state index >= 15 is 0 Å².